The predicted octanol–water partition coefficient (Wildman–Crippen LogP) is 24.4. The van der Waals surface area contributed by atoms with E-state index in [4.69, 9.17) is 14.2 Å². The molecule has 472 valence electrons. The van der Waals surface area contributed by atoms with Gasteiger partial charge in [0.05, 0.1) is 0 Å². The molecule has 1 unspecified atom stereocenters. The van der Waals surface area contributed by atoms with Crippen molar-refractivity contribution in [3.05, 3.63) is 97.2 Å². The Balaban J connectivity index is 4.33. The molecule has 0 heterocycles. The summed E-state index contributed by atoms with van der Waals surface area (Å²) in [6, 6.07) is 0. The molecule has 0 radical (unpaired) electrons. The molecule has 0 aromatic carbocycles. The van der Waals surface area contributed by atoms with Crippen LogP contribution in [0.4, 0.5) is 0 Å². The van der Waals surface area contributed by atoms with Crippen molar-refractivity contribution in [1.29, 1.82) is 0 Å². The van der Waals surface area contributed by atoms with Crippen LogP contribution >= 0.6 is 0 Å². The highest BCUT2D eigenvalue weighted by Gasteiger charge is 2.19. The smallest absolute Gasteiger partial charge is 0.306 e. The van der Waals surface area contributed by atoms with Gasteiger partial charge >= 0.3 is 17.9 Å². The number of unbranched alkanes of at least 4 members (excludes halogenated alkanes) is 37. The lowest BCUT2D eigenvalue weighted by Gasteiger charge is -2.18. The third kappa shape index (κ3) is 67.1. The van der Waals surface area contributed by atoms with Crippen LogP contribution in [0.25, 0.3) is 0 Å². The quantitative estimate of drug-likeness (QED) is 0.0261. The first-order chi connectivity index (χ1) is 40.5. The first kappa shape index (κ1) is 78.3. The van der Waals surface area contributed by atoms with Crippen LogP contribution in [0.3, 0.4) is 0 Å². The van der Waals surface area contributed by atoms with Crippen molar-refractivity contribution in [3.63, 3.8) is 0 Å². The Morgan fingerprint density at radius 3 is 0.744 bits per heavy atom. The van der Waals surface area contributed by atoms with E-state index in [0.717, 1.165) is 135 Å². The number of allylic oxidation sites excluding steroid dienone is 16. The normalized spacial score (nSPS) is 12.7. The zero-order chi connectivity index (χ0) is 59.2. The van der Waals surface area contributed by atoms with Gasteiger partial charge < -0.3 is 14.2 Å². The standard InChI is InChI=1S/C76H132O6/c1-4-7-10-13-16-19-22-25-28-30-32-34-36-38-40-41-43-45-48-51-54-57-60-63-66-69-75(78)81-72-73(71-80-74(77)68-65-62-59-56-53-50-47-27-24-21-18-15-12-9-6-3)82-76(79)70-67-64-61-58-55-52-49-46-44-42-39-37-35-33-31-29-26-23-20-17-14-11-8-5-2/h7,9-10,12,16,18-19,21,25,27-28,32,34,38,40,47,73H,4-6,8,11,13-15,17,20,22-24,26,29-31,33,35-37,39,41-46,48-72H2,1-3H3/b10-7-,12-9-,19-16-,21-18-,28-25-,34-32-,40-38-,47-27-. The molecule has 0 aromatic rings. The van der Waals surface area contributed by atoms with Gasteiger partial charge in [-0.25, -0.2) is 0 Å². The van der Waals surface area contributed by atoms with E-state index in [9.17, 15) is 14.4 Å². The summed E-state index contributed by atoms with van der Waals surface area (Å²) >= 11 is 0. The van der Waals surface area contributed by atoms with Gasteiger partial charge in [0.15, 0.2) is 6.10 Å². The molecule has 0 aromatic heterocycles. The highest BCUT2D eigenvalue weighted by Crippen LogP contribution is 2.18. The summed E-state index contributed by atoms with van der Waals surface area (Å²) in [6.45, 7) is 6.45. The lowest BCUT2D eigenvalue weighted by atomic mass is 10.0. The van der Waals surface area contributed by atoms with Crippen molar-refractivity contribution in [2.75, 3.05) is 13.2 Å². The SMILES string of the molecule is CC/C=C\C/C=C\C/C=C\C/C=C\C/C=C\CCCCCCCCCCCC(=O)OCC(COC(=O)CCCCCCC/C=C\C/C=C\C/C=C\CC)OC(=O)CCCCCCCCCCCCCCCCCCCCCCCCCC. The molecule has 0 aliphatic heterocycles. The molecule has 6 nitrogen and oxygen atoms in total. The molecule has 0 N–H and O–H groups in total. The molecule has 0 aliphatic rings. The van der Waals surface area contributed by atoms with Gasteiger partial charge in [-0.05, 0) is 96.3 Å². The first-order valence-electron chi connectivity index (χ1n) is 35.2. The van der Waals surface area contributed by atoms with E-state index >= 15 is 0 Å². The van der Waals surface area contributed by atoms with Gasteiger partial charge in [-0.2, -0.15) is 0 Å². The van der Waals surface area contributed by atoms with E-state index in [-0.39, 0.29) is 31.1 Å². The maximum atomic E-state index is 13.0. The molecule has 6 heteroatoms. The molecule has 1 atom stereocenters. The highest BCUT2D eigenvalue weighted by atomic mass is 16.6. The summed E-state index contributed by atoms with van der Waals surface area (Å²) in [5.74, 6) is -0.889. The zero-order valence-electron chi connectivity index (χ0n) is 54.2. The van der Waals surface area contributed by atoms with E-state index < -0.39 is 6.10 Å². The van der Waals surface area contributed by atoms with Crippen molar-refractivity contribution in [2.45, 2.75) is 354 Å². The Morgan fingerprint density at radius 2 is 0.476 bits per heavy atom. The number of carbonyl (C=O) groups is 3. The van der Waals surface area contributed by atoms with Gasteiger partial charge in [-0.3, -0.25) is 14.4 Å². The van der Waals surface area contributed by atoms with Crippen molar-refractivity contribution in [1.82, 2.24) is 0 Å². The van der Waals surface area contributed by atoms with E-state index in [2.05, 4.69) is 118 Å². The Kier molecular flexibility index (Phi) is 66.7. The number of carbonyl (C=O) groups excluding carboxylic acids is 3. The Morgan fingerprint density at radius 1 is 0.256 bits per heavy atom. The van der Waals surface area contributed by atoms with E-state index in [1.165, 1.54) is 173 Å². The number of ether oxygens (including phenoxy) is 3. The summed E-state index contributed by atoms with van der Waals surface area (Å²) in [7, 11) is 0. The van der Waals surface area contributed by atoms with Crippen LogP contribution in [0.1, 0.15) is 348 Å². The van der Waals surface area contributed by atoms with Crippen molar-refractivity contribution in [2.24, 2.45) is 0 Å². The lowest BCUT2D eigenvalue weighted by molar-refractivity contribution is -0.167. The molecule has 0 saturated heterocycles. The van der Waals surface area contributed by atoms with E-state index in [1.54, 1.807) is 0 Å². The number of esters is 3. The van der Waals surface area contributed by atoms with Crippen LogP contribution in [0.15, 0.2) is 97.2 Å². The van der Waals surface area contributed by atoms with Crippen LogP contribution < -0.4 is 0 Å². The van der Waals surface area contributed by atoms with Crippen LogP contribution in [-0.2, 0) is 28.6 Å². The van der Waals surface area contributed by atoms with Crippen molar-refractivity contribution >= 4 is 17.9 Å². The molecule has 0 amide bonds. The Bertz CT molecular complexity index is 1590. The molecule has 0 fully saturated rings. The van der Waals surface area contributed by atoms with Gasteiger partial charge in [0.1, 0.15) is 13.2 Å². The van der Waals surface area contributed by atoms with Gasteiger partial charge in [-0.1, -0.05) is 330 Å². The molecule has 0 rings (SSSR count). The van der Waals surface area contributed by atoms with Gasteiger partial charge in [-0.15, -0.1) is 0 Å². The average molecular weight is 1140 g/mol. The maximum absolute atomic E-state index is 13.0. The van der Waals surface area contributed by atoms with Crippen molar-refractivity contribution in [3.8, 4) is 0 Å². The van der Waals surface area contributed by atoms with Gasteiger partial charge in [0.2, 0.25) is 0 Å². The summed E-state index contributed by atoms with van der Waals surface area (Å²) in [5, 5.41) is 0. The fraction of sp³-hybridized carbons (Fsp3) is 0.750. The Hall–Kier alpha value is -3.67. The predicted molar refractivity (Wildman–Crippen MR) is 357 cm³/mol. The molecular weight excluding hydrogens is 1010 g/mol. The summed E-state index contributed by atoms with van der Waals surface area (Å²) in [4.78, 5) is 38.5. The lowest BCUT2D eigenvalue weighted by Crippen LogP contribution is -2.30. The molecule has 0 bridgehead atoms. The average Bonchev–Trinajstić information content (AvgIpc) is 3.47. The summed E-state index contributed by atoms with van der Waals surface area (Å²) in [6.07, 6.45) is 94.3. The second kappa shape index (κ2) is 69.8. The van der Waals surface area contributed by atoms with Gasteiger partial charge in [0, 0.05) is 19.3 Å². The monoisotopic (exact) mass is 1140 g/mol. The molecule has 0 aliphatic carbocycles. The van der Waals surface area contributed by atoms with Crippen molar-refractivity contribution < 1.29 is 28.6 Å². The fourth-order valence-electron chi connectivity index (χ4n) is 10.1. The highest BCUT2D eigenvalue weighted by molar-refractivity contribution is 5.71. The summed E-state index contributed by atoms with van der Waals surface area (Å²) in [5.41, 5.74) is 0. The third-order valence-corrected chi connectivity index (χ3v) is 15.3. The topological polar surface area (TPSA) is 78.9 Å². The van der Waals surface area contributed by atoms with Crippen LogP contribution in [0.5, 0.6) is 0 Å². The zero-order valence-corrected chi connectivity index (χ0v) is 54.2. The molecule has 0 saturated carbocycles. The van der Waals surface area contributed by atoms with Crippen LogP contribution in [-0.4, -0.2) is 37.2 Å². The second-order valence-corrected chi connectivity index (χ2v) is 23.4. The number of rotatable bonds is 64. The Labute approximate surface area is 508 Å². The van der Waals surface area contributed by atoms with Crippen LogP contribution in [0, 0.1) is 0 Å². The minimum absolute atomic E-state index is 0.0839. The fourth-order valence-corrected chi connectivity index (χ4v) is 10.1. The third-order valence-electron chi connectivity index (χ3n) is 15.3. The second-order valence-electron chi connectivity index (χ2n) is 23.4. The first-order valence-corrected chi connectivity index (χ1v) is 35.2. The van der Waals surface area contributed by atoms with E-state index in [1.807, 2.05) is 0 Å². The van der Waals surface area contributed by atoms with Gasteiger partial charge in [0.25, 0.3) is 0 Å². The maximum Gasteiger partial charge on any atom is 0.306 e. The molecule has 82 heavy (non-hydrogen) atoms. The van der Waals surface area contributed by atoms with Crippen LogP contribution in [0.2, 0.25) is 0 Å². The molecule has 0 spiro atoms. The minimum atomic E-state index is -0.789. The summed E-state index contributed by atoms with van der Waals surface area (Å²) < 4.78 is 17.0. The minimum Gasteiger partial charge on any atom is -0.462 e. The largest absolute Gasteiger partial charge is 0.462 e. The number of hydrogen-bond acceptors (Lipinski definition) is 6. The van der Waals surface area contributed by atoms with E-state index in [0.29, 0.717) is 19.3 Å². The molecular formula is C76H132O6. The number of hydrogen-bond donors (Lipinski definition) is 0.